The van der Waals surface area contributed by atoms with Gasteiger partial charge in [0.15, 0.2) is 0 Å². The van der Waals surface area contributed by atoms with Crippen LogP contribution in [0.5, 0.6) is 0 Å². The Hall–Kier alpha value is -1.51. The van der Waals surface area contributed by atoms with Crippen molar-refractivity contribution in [3.8, 4) is 0 Å². The second-order valence-electron chi connectivity index (χ2n) is 4.62. The van der Waals surface area contributed by atoms with E-state index < -0.39 is 36.4 Å². The molecule has 0 amide bonds. The number of hydrogen-bond donors (Lipinski definition) is 2. The van der Waals surface area contributed by atoms with Crippen molar-refractivity contribution in [2.45, 2.75) is 31.8 Å². The summed E-state index contributed by atoms with van der Waals surface area (Å²) in [6, 6.07) is 0. The number of aromatic amines is 1. The van der Waals surface area contributed by atoms with Gasteiger partial charge in [-0.25, -0.2) is 9.18 Å². The number of hydrogen-bond acceptors (Lipinski definition) is 5. The molecular weight excluding hydrogens is 271 g/mol. The van der Waals surface area contributed by atoms with Crippen molar-refractivity contribution in [3.05, 3.63) is 32.6 Å². The molecule has 2 rings (SSSR count). The summed E-state index contributed by atoms with van der Waals surface area (Å²) in [6.45, 7) is 0.572. The van der Waals surface area contributed by atoms with Crippen LogP contribution in [-0.4, -0.2) is 46.8 Å². The van der Waals surface area contributed by atoms with Crippen LogP contribution in [0.3, 0.4) is 0 Å². The van der Waals surface area contributed by atoms with Gasteiger partial charge in [-0.3, -0.25) is 14.3 Å². The normalized spacial score (nSPS) is 26.1. The molecule has 112 valence electrons. The third kappa shape index (κ3) is 2.97. The van der Waals surface area contributed by atoms with E-state index in [2.05, 4.69) is 4.98 Å². The van der Waals surface area contributed by atoms with Crippen molar-refractivity contribution in [2.24, 2.45) is 0 Å². The molecule has 0 aliphatic carbocycles. The summed E-state index contributed by atoms with van der Waals surface area (Å²) < 4.78 is 24.2. The predicted octanol–water partition coefficient (Wildman–Crippen LogP) is -0.520. The molecular formula is C12H17FN2O5. The summed E-state index contributed by atoms with van der Waals surface area (Å²) in [7, 11) is 0. The first-order chi connectivity index (χ1) is 9.56. The number of nitrogens with one attached hydrogen (secondary N) is 1. The maximum absolute atomic E-state index is 12.1. The molecule has 0 radical (unpaired) electrons. The van der Waals surface area contributed by atoms with Crippen LogP contribution in [0.15, 0.2) is 15.8 Å². The number of halogens is 1. The molecule has 1 aromatic heterocycles. The first kappa shape index (κ1) is 14.9. The Balaban J connectivity index is 2.20. The zero-order chi connectivity index (χ0) is 14.7. The fraction of sp³-hybridized carbons (Fsp3) is 0.667. The maximum atomic E-state index is 12.1. The van der Waals surface area contributed by atoms with Gasteiger partial charge in [-0.15, -0.1) is 0 Å². The van der Waals surface area contributed by atoms with E-state index in [-0.39, 0.29) is 13.2 Å². The molecule has 0 spiro atoms. The standard InChI is InChI=1S/C12H17FN2O5/c1-7-5-15(12(18)14-11(7)17)10-4-8(19-3-2-13)9(6-16)20-10/h5,8-10,16H,2-4,6H2,1H3,(H,14,17,18)/t8?,9-,10-/m1/s1. The highest BCUT2D eigenvalue weighted by molar-refractivity contribution is 5.02. The SMILES string of the molecule is Cc1cn([C@H]2CC(OCCF)[C@@H](CO)O2)c(=O)[nH]c1=O. The molecule has 1 fully saturated rings. The quantitative estimate of drug-likeness (QED) is 0.760. The minimum Gasteiger partial charge on any atom is -0.394 e. The third-order valence-corrected chi connectivity index (χ3v) is 3.23. The van der Waals surface area contributed by atoms with E-state index in [1.54, 1.807) is 6.92 Å². The second kappa shape index (κ2) is 6.29. The number of ether oxygens (including phenoxy) is 2. The summed E-state index contributed by atoms with van der Waals surface area (Å²) in [5.74, 6) is 0. The van der Waals surface area contributed by atoms with Gasteiger partial charge in [0.2, 0.25) is 0 Å². The number of aryl methyl sites for hydroxylation is 1. The van der Waals surface area contributed by atoms with Crippen LogP contribution in [0.2, 0.25) is 0 Å². The number of aromatic nitrogens is 2. The number of alkyl halides is 1. The highest BCUT2D eigenvalue weighted by Gasteiger charge is 2.37. The lowest BCUT2D eigenvalue weighted by molar-refractivity contribution is -0.0635. The summed E-state index contributed by atoms with van der Waals surface area (Å²) >= 11 is 0. The van der Waals surface area contributed by atoms with Gasteiger partial charge in [0.25, 0.3) is 5.56 Å². The van der Waals surface area contributed by atoms with E-state index in [0.717, 1.165) is 0 Å². The molecule has 3 atom stereocenters. The smallest absolute Gasteiger partial charge is 0.330 e. The van der Waals surface area contributed by atoms with Gasteiger partial charge in [0, 0.05) is 18.2 Å². The highest BCUT2D eigenvalue weighted by Crippen LogP contribution is 2.29. The fourth-order valence-corrected chi connectivity index (χ4v) is 2.21. The summed E-state index contributed by atoms with van der Waals surface area (Å²) in [4.78, 5) is 25.3. The van der Waals surface area contributed by atoms with Gasteiger partial charge in [-0.2, -0.15) is 0 Å². The van der Waals surface area contributed by atoms with Gasteiger partial charge in [0.1, 0.15) is 19.0 Å². The van der Waals surface area contributed by atoms with Crippen molar-refractivity contribution in [2.75, 3.05) is 19.9 Å². The molecule has 2 heterocycles. The lowest BCUT2D eigenvalue weighted by Crippen LogP contribution is -2.33. The van der Waals surface area contributed by atoms with E-state index >= 15 is 0 Å². The van der Waals surface area contributed by atoms with E-state index in [1.165, 1.54) is 10.8 Å². The molecule has 1 aliphatic rings. The van der Waals surface area contributed by atoms with E-state index in [4.69, 9.17) is 9.47 Å². The molecule has 2 N–H and O–H groups in total. The minimum absolute atomic E-state index is 0.0865. The predicted molar refractivity (Wildman–Crippen MR) is 67.4 cm³/mol. The lowest BCUT2D eigenvalue weighted by atomic mass is 10.2. The topological polar surface area (TPSA) is 93.6 Å². The van der Waals surface area contributed by atoms with Crippen molar-refractivity contribution in [3.63, 3.8) is 0 Å². The molecule has 20 heavy (non-hydrogen) atoms. The molecule has 1 aromatic rings. The first-order valence-electron chi connectivity index (χ1n) is 6.32. The second-order valence-corrected chi connectivity index (χ2v) is 4.62. The molecule has 7 nitrogen and oxygen atoms in total. The Morgan fingerprint density at radius 2 is 2.35 bits per heavy atom. The summed E-state index contributed by atoms with van der Waals surface area (Å²) in [5.41, 5.74) is -0.663. The van der Waals surface area contributed by atoms with Gasteiger partial charge < -0.3 is 14.6 Å². The van der Waals surface area contributed by atoms with Crippen LogP contribution >= 0.6 is 0 Å². The van der Waals surface area contributed by atoms with Crippen LogP contribution in [-0.2, 0) is 9.47 Å². The molecule has 0 saturated carbocycles. The number of aliphatic hydroxyl groups is 1. The molecule has 1 saturated heterocycles. The van der Waals surface area contributed by atoms with Crippen LogP contribution in [0.25, 0.3) is 0 Å². The van der Waals surface area contributed by atoms with E-state index in [0.29, 0.717) is 12.0 Å². The van der Waals surface area contributed by atoms with Gasteiger partial charge in [0.05, 0.1) is 19.3 Å². The van der Waals surface area contributed by atoms with Crippen molar-refractivity contribution >= 4 is 0 Å². The Morgan fingerprint density at radius 1 is 1.60 bits per heavy atom. The Morgan fingerprint density at radius 3 is 3.00 bits per heavy atom. The molecule has 8 heteroatoms. The number of H-pyrrole nitrogens is 1. The van der Waals surface area contributed by atoms with E-state index in [1.807, 2.05) is 0 Å². The Bertz CT molecular complexity index is 570. The average molecular weight is 288 g/mol. The van der Waals surface area contributed by atoms with Crippen LogP contribution in [0.4, 0.5) is 4.39 Å². The Labute approximate surface area is 114 Å². The highest BCUT2D eigenvalue weighted by atomic mass is 19.1. The van der Waals surface area contributed by atoms with Crippen molar-refractivity contribution in [1.29, 1.82) is 0 Å². The fourth-order valence-electron chi connectivity index (χ4n) is 2.21. The largest absolute Gasteiger partial charge is 0.394 e. The van der Waals surface area contributed by atoms with Gasteiger partial charge in [-0.1, -0.05) is 0 Å². The number of nitrogens with zero attached hydrogens (tertiary/aromatic N) is 1. The van der Waals surface area contributed by atoms with Crippen LogP contribution in [0.1, 0.15) is 18.2 Å². The molecule has 1 aliphatic heterocycles. The molecule has 0 aromatic carbocycles. The average Bonchev–Trinajstić information content (AvgIpc) is 2.83. The maximum Gasteiger partial charge on any atom is 0.330 e. The van der Waals surface area contributed by atoms with Crippen molar-refractivity contribution in [1.82, 2.24) is 9.55 Å². The Kier molecular flexibility index (Phi) is 4.69. The number of rotatable bonds is 5. The monoisotopic (exact) mass is 288 g/mol. The van der Waals surface area contributed by atoms with Gasteiger partial charge >= 0.3 is 5.69 Å². The summed E-state index contributed by atoms with van der Waals surface area (Å²) in [5, 5.41) is 9.22. The first-order valence-corrected chi connectivity index (χ1v) is 6.32. The number of aliphatic hydroxyl groups excluding tert-OH is 1. The summed E-state index contributed by atoms with van der Waals surface area (Å²) in [6.07, 6.45) is -0.0561. The minimum atomic E-state index is -0.653. The van der Waals surface area contributed by atoms with Crippen LogP contribution in [0, 0.1) is 6.92 Å². The van der Waals surface area contributed by atoms with Gasteiger partial charge in [-0.05, 0) is 6.92 Å². The molecule has 0 bridgehead atoms. The van der Waals surface area contributed by atoms with Crippen LogP contribution < -0.4 is 11.2 Å². The van der Waals surface area contributed by atoms with Crippen molar-refractivity contribution < 1.29 is 19.0 Å². The third-order valence-electron chi connectivity index (χ3n) is 3.23. The zero-order valence-electron chi connectivity index (χ0n) is 11.0. The molecule has 1 unspecified atom stereocenters. The van der Waals surface area contributed by atoms with E-state index in [9.17, 15) is 19.1 Å². The zero-order valence-corrected chi connectivity index (χ0v) is 11.0. The lowest BCUT2D eigenvalue weighted by Gasteiger charge is -2.15.